The molecule has 5 heteroatoms. The third-order valence-electron chi connectivity index (χ3n) is 4.35. The molecule has 2 aromatic heterocycles. The van der Waals surface area contributed by atoms with E-state index in [4.69, 9.17) is 19.7 Å². The van der Waals surface area contributed by atoms with Gasteiger partial charge >= 0.3 is 0 Å². The van der Waals surface area contributed by atoms with Crippen molar-refractivity contribution in [1.82, 2.24) is 0 Å². The van der Waals surface area contributed by atoms with E-state index >= 15 is 0 Å². The van der Waals surface area contributed by atoms with Crippen molar-refractivity contribution < 1.29 is 9.15 Å². The number of benzene rings is 2. The lowest BCUT2D eigenvalue weighted by molar-refractivity contribution is 0.415. The van der Waals surface area contributed by atoms with Crippen LogP contribution in [0.15, 0.2) is 70.7 Å². The molecular weight excluding hydrogens is 368 g/mol. The van der Waals surface area contributed by atoms with Crippen LogP contribution in [-0.2, 0) is 0 Å². The molecular formula is C23H14N2O2S. The first-order chi connectivity index (χ1) is 13.7. The van der Waals surface area contributed by atoms with Crippen molar-refractivity contribution in [3.05, 3.63) is 71.1 Å². The molecule has 0 atom stereocenters. The Balaban J connectivity index is 1.83. The van der Waals surface area contributed by atoms with Gasteiger partial charge in [0.2, 0.25) is 0 Å². The summed E-state index contributed by atoms with van der Waals surface area (Å²) in [5.41, 5.74) is 1.05. The zero-order valence-corrected chi connectivity index (χ0v) is 15.8. The van der Waals surface area contributed by atoms with E-state index in [1.165, 1.54) is 11.3 Å². The number of thiophene rings is 1. The summed E-state index contributed by atoms with van der Waals surface area (Å²) in [7, 11) is 1.64. The highest BCUT2D eigenvalue weighted by Gasteiger charge is 2.17. The summed E-state index contributed by atoms with van der Waals surface area (Å²) < 4.78 is 11.5. The van der Waals surface area contributed by atoms with Gasteiger partial charge in [-0.1, -0.05) is 24.3 Å². The number of methoxy groups -OCH3 is 1. The normalized spacial score (nSPS) is 10.2. The van der Waals surface area contributed by atoms with Gasteiger partial charge in [0.1, 0.15) is 29.2 Å². The van der Waals surface area contributed by atoms with Gasteiger partial charge in [0.25, 0.3) is 0 Å². The molecule has 0 fully saturated rings. The highest BCUT2D eigenvalue weighted by Crippen LogP contribution is 2.41. The zero-order valence-electron chi connectivity index (χ0n) is 15.0. The molecule has 0 saturated heterocycles. The summed E-state index contributed by atoms with van der Waals surface area (Å²) in [4.78, 5) is 1.78. The fraction of sp³-hybridized carbons (Fsp3) is 0.0435. The predicted molar refractivity (Wildman–Crippen MR) is 111 cm³/mol. The molecule has 0 aliphatic carbocycles. The van der Waals surface area contributed by atoms with Crippen molar-refractivity contribution in [2.24, 2.45) is 0 Å². The molecule has 0 aliphatic heterocycles. The fourth-order valence-electron chi connectivity index (χ4n) is 3.02. The zero-order chi connectivity index (χ0) is 19.5. The van der Waals surface area contributed by atoms with Crippen LogP contribution in [0.1, 0.15) is 4.88 Å². The van der Waals surface area contributed by atoms with Crippen LogP contribution in [0, 0.1) is 22.7 Å². The number of hydrogen-bond donors (Lipinski definition) is 0. The lowest BCUT2D eigenvalue weighted by Gasteiger charge is -2.01. The summed E-state index contributed by atoms with van der Waals surface area (Å²) in [6, 6.07) is 23.4. The summed E-state index contributed by atoms with van der Waals surface area (Å²) in [5.74, 6) is 2.37. The number of allylic oxidation sites excluding steroid dienone is 1. The second-order valence-electron chi connectivity index (χ2n) is 6.02. The SMILES string of the molecule is COc1ccc(-c2oc(-c3ccc(C=C(C#N)C#N)s3)c3ccccc23)cc1. The minimum absolute atomic E-state index is 0.0802. The molecule has 4 nitrogen and oxygen atoms in total. The van der Waals surface area contributed by atoms with Crippen LogP contribution < -0.4 is 4.74 Å². The first-order valence-electron chi connectivity index (χ1n) is 8.51. The molecule has 0 saturated carbocycles. The Morgan fingerprint density at radius 2 is 1.61 bits per heavy atom. The van der Waals surface area contributed by atoms with Gasteiger partial charge in [-0.3, -0.25) is 0 Å². The molecule has 2 aromatic carbocycles. The van der Waals surface area contributed by atoms with Crippen LogP contribution in [0.2, 0.25) is 0 Å². The van der Waals surface area contributed by atoms with Crippen molar-refractivity contribution in [2.75, 3.05) is 7.11 Å². The molecule has 0 aliphatic rings. The van der Waals surface area contributed by atoms with E-state index in [0.29, 0.717) is 0 Å². The number of nitriles is 2. The Morgan fingerprint density at radius 1 is 0.929 bits per heavy atom. The summed E-state index contributed by atoms with van der Waals surface area (Å²) in [6.07, 6.45) is 1.59. The Hall–Kier alpha value is -3.80. The molecule has 4 aromatic rings. The lowest BCUT2D eigenvalue weighted by Crippen LogP contribution is -1.82. The predicted octanol–water partition coefficient (Wildman–Crippen LogP) is 6.27. The first-order valence-corrected chi connectivity index (χ1v) is 9.33. The van der Waals surface area contributed by atoms with Gasteiger partial charge in [0.05, 0.1) is 12.0 Å². The topological polar surface area (TPSA) is 69.9 Å². The molecule has 2 heterocycles. The van der Waals surface area contributed by atoms with E-state index in [1.54, 1.807) is 13.2 Å². The molecule has 0 radical (unpaired) electrons. The summed E-state index contributed by atoms with van der Waals surface area (Å²) >= 11 is 1.48. The second kappa shape index (κ2) is 7.44. The second-order valence-corrected chi connectivity index (χ2v) is 7.13. The van der Waals surface area contributed by atoms with E-state index in [0.717, 1.165) is 43.4 Å². The first kappa shape index (κ1) is 17.6. The van der Waals surface area contributed by atoms with Crippen LogP contribution in [0.5, 0.6) is 5.75 Å². The van der Waals surface area contributed by atoms with Crippen LogP contribution in [-0.4, -0.2) is 7.11 Å². The minimum atomic E-state index is 0.0802. The van der Waals surface area contributed by atoms with Gasteiger partial charge in [-0.25, -0.2) is 0 Å². The molecule has 0 spiro atoms. The number of fused-ring (bicyclic) bond motifs is 1. The highest BCUT2D eigenvalue weighted by molar-refractivity contribution is 7.16. The highest BCUT2D eigenvalue weighted by atomic mass is 32.1. The fourth-order valence-corrected chi connectivity index (χ4v) is 3.96. The third kappa shape index (κ3) is 3.16. The number of furan rings is 1. The van der Waals surface area contributed by atoms with Crippen LogP contribution in [0.3, 0.4) is 0 Å². The van der Waals surface area contributed by atoms with Crippen molar-refractivity contribution in [2.45, 2.75) is 0 Å². The molecule has 28 heavy (non-hydrogen) atoms. The minimum Gasteiger partial charge on any atom is -0.497 e. The van der Waals surface area contributed by atoms with Crippen LogP contribution >= 0.6 is 11.3 Å². The van der Waals surface area contributed by atoms with Crippen LogP contribution in [0.4, 0.5) is 0 Å². The Bertz CT molecular complexity index is 1250. The van der Waals surface area contributed by atoms with Crippen LogP contribution in [0.25, 0.3) is 38.8 Å². The van der Waals surface area contributed by atoms with Crippen molar-refractivity contribution in [1.29, 1.82) is 10.5 Å². The molecule has 4 rings (SSSR count). The average molecular weight is 382 g/mol. The maximum Gasteiger partial charge on any atom is 0.152 e. The quantitative estimate of drug-likeness (QED) is 0.390. The van der Waals surface area contributed by atoms with Gasteiger partial charge < -0.3 is 9.15 Å². The average Bonchev–Trinajstić information content (AvgIpc) is 3.36. The van der Waals surface area contributed by atoms with E-state index in [1.807, 2.05) is 72.8 Å². The number of ether oxygens (including phenoxy) is 1. The number of rotatable bonds is 4. The molecule has 0 amide bonds. The summed E-state index contributed by atoms with van der Waals surface area (Å²) in [6.45, 7) is 0. The monoisotopic (exact) mass is 382 g/mol. The van der Waals surface area contributed by atoms with Crippen molar-refractivity contribution in [3.8, 4) is 39.8 Å². The smallest absolute Gasteiger partial charge is 0.152 e. The van der Waals surface area contributed by atoms with Crippen molar-refractivity contribution >= 4 is 28.2 Å². The van der Waals surface area contributed by atoms with Gasteiger partial charge in [0.15, 0.2) is 5.76 Å². The van der Waals surface area contributed by atoms with Gasteiger partial charge in [-0.05, 0) is 42.5 Å². The van der Waals surface area contributed by atoms with E-state index in [-0.39, 0.29) is 5.57 Å². The largest absolute Gasteiger partial charge is 0.497 e. The lowest BCUT2D eigenvalue weighted by atomic mass is 10.1. The maximum absolute atomic E-state index is 8.96. The Kier molecular flexibility index (Phi) is 4.68. The number of hydrogen-bond acceptors (Lipinski definition) is 5. The molecule has 134 valence electrons. The molecule has 0 bridgehead atoms. The van der Waals surface area contributed by atoms with Gasteiger partial charge in [-0.2, -0.15) is 10.5 Å². The maximum atomic E-state index is 8.96. The standard InChI is InChI=1S/C23H14N2O2S/c1-26-17-8-6-16(7-9-17)22-19-4-2-3-5-20(19)23(27-22)21-11-10-18(28-21)12-15(13-24)14-25/h2-12H,1H3. The van der Waals surface area contributed by atoms with Crippen molar-refractivity contribution in [3.63, 3.8) is 0 Å². The Labute approximate surface area is 166 Å². The summed E-state index contributed by atoms with van der Waals surface area (Å²) in [5, 5.41) is 20.0. The molecule has 0 unspecified atom stereocenters. The van der Waals surface area contributed by atoms with Gasteiger partial charge in [-0.15, -0.1) is 11.3 Å². The Morgan fingerprint density at radius 3 is 2.25 bits per heavy atom. The van der Waals surface area contributed by atoms with E-state index in [9.17, 15) is 0 Å². The van der Waals surface area contributed by atoms with E-state index < -0.39 is 0 Å². The molecule has 0 N–H and O–H groups in total. The van der Waals surface area contributed by atoms with Gasteiger partial charge in [0, 0.05) is 21.2 Å². The van der Waals surface area contributed by atoms with E-state index in [2.05, 4.69) is 0 Å². The third-order valence-corrected chi connectivity index (χ3v) is 5.38. The number of nitrogens with zero attached hydrogens (tertiary/aromatic N) is 2.